The van der Waals surface area contributed by atoms with Crippen LogP contribution in [0.15, 0.2) is 72.0 Å². The number of aromatic nitrogens is 3. The first kappa shape index (κ1) is 21.4. The summed E-state index contributed by atoms with van der Waals surface area (Å²) in [6.45, 7) is 0. The number of piperidine rings is 1. The Morgan fingerprint density at radius 3 is 2.45 bits per heavy atom. The van der Waals surface area contributed by atoms with Gasteiger partial charge in [0.15, 0.2) is 0 Å². The van der Waals surface area contributed by atoms with Crippen molar-refractivity contribution >= 4 is 22.2 Å². The molecule has 2 aromatic heterocycles. The molecule has 2 aromatic carbocycles. The van der Waals surface area contributed by atoms with Gasteiger partial charge in [0.25, 0.3) is 0 Å². The third kappa shape index (κ3) is 3.59. The number of rotatable bonds is 5. The Labute approximate surface area is 222 Å². The predicted octanol–water partition coefficient (Wildman–Crippen LogP) is 6.74. The molecule has 6 atom stereocenters. The van der Waals surface area contributed by atoms with Crippen molar-refractivity contribution in [1.82, 2.24) is 20.3 Å². The number of fused-ring (bicyclic) bond motifs is 3. The SMILES string of the molecule is C1=C(c2ccc(-c3ccc4nc(-c5cnc(C6C[C@@H]7C[C@@H]7C6)[nH]5)ccc4c3)cc2)CC([C@@H]2C[C@H]3C[C@H]3N2)=N1. The van der Waals surface area contributed by atoms with E-state index in [9.17, 15) is 0 Å². The minimum absolute atomic E-state index is 0.492. The van der Waals surface area contributed by atoms with Gasteiger partial charge in [-0.25, -0.2) is 9.97 Å². The van der Waals surface area contributed by atoms with Gasteiger partial charge < -0.3 is 10.3 Å². The fourth-order valence-electron chi connectivity index (χ4n) is 7.35. The molecule has 2 N–H and O–H groups in total. The lowest BCUT2D eigenvalue weighted by Crippen LogP contribution is -2.33. The molecule has 1 saturated heterocycles. The number of hydrogen-bond acceptors (Lipinski definition) is 4. The molecule has 5 nitrogen and oxygen atoms in total. The van der Waals surface area contributed by atoms with Gasteiger partial charge in [-0.2, -0.15) is 0 Å². The van der Waals surface area contributed by atoms with Crippen molar-refractivity contribution in [2.45, 2.75) is 56.5 Å². The summed E-state index contributed by atoms with van der Waals surface area (Å²) >= 11 is 0. The number of imidazole rings is 1. The number of nitrogens with one attached hydrogen (secondary N) is 2. The van der Waals surface area contributed by atoms with Gasteiger partial charge in [0, 0.05) is 41.7 Å². The highest BCUT2D eigenvalue weighted by molar-refractivity contribution is 6.02. The fourth-order valence-corrected chi connectivity index (χ4v) is 7.35. The normalized spacial score (nSPS) is 30.7. The summed E-state index contributed by atoms with van der Waals surface area (Å²) in [5.74, 6) is 4.58. The number of H-pyrrole nitrogens is 1. The Hall–Kier alpha value is -3.57. The van der Waals surface area contributed by atoms with E-state index in [0.717, 1.165) is 58.3 Å². The number of allylic oxidation sites excluding steroid dienone is 1. The molecule has 38 heavy (non-hydrogen) atoms. The van der Waals surface area contributed by atoms with E-state index in [-0.39, 0.29) is 0 Å². The highest BCUT2D eigenvalue weighted by atomic mass is 15.1. The van der Waals surface area contributed by atoms with Crippen LogP contribution in [0.25, 0.3) is 39.0 Å². The summed E-state index contributed by atoms with van der Waals surface area (Å²) in [4.78, 5) is 18.0. The Bertz CT molecular complexity index is 1620. The third-order valence-corrected chi connectivity index (χ3v) is 9.82. The first-order valence-electron chi connectivity index (χ1n) is 14.3. The predicted molar refractivity (Wildman–Crippen MR) is 152 cm³/mol. The topological polar surface area (TPSA) is 66.0 Å². The van der Waals surface area contributed by atoms with Crippen LogP contribution in [0.4, 0.5) is 0 Å². The van der Waals surface area contributed by atoms with E-state index in [1.807, 2.05) is 6.20 Å². The molecule has 0 spiro atoms. The van der Waals surface area contributed by atoms with Crippen molar-refractivity contribution in [2.75, 3.05) is 0 Å². The molecule has 4 fully saturated rings. The van der Waals surface area contributed by atoms with Gasteiger partial charge in [-0.15, -0.1) is 0 Å². The summed E-state index contributed by atoms with van der Waals surface area (Å²) in [5, 5.41) is 4.90. The van der Waals surface area contributed by atoms with Crippen LogP contribution >= 0.6 is 0 Å². The zero-order chi connectivity index (χ0) is 24.8. The molecule has 5 heteroatoms. The first-order valence-corrected chi connectivity index (χ1v) is 14.3. The molecule has 4 aromatic rings. The molecule has 0 bridgehead atoms. The third-order valence-electron chi connectivity index (χ3n) is 9.82. The monoisotopic (exact) mass is 497 g/mol. The summed E-state index contributed by atoms with van der Waals surface area (Å²) in [5.41, 5.74) is 9.37. The van der Waals surface area contributed by atoms with Crippen LogP contribution in [-0.4, -0.2) is 32.7 Å². The van der Waals surface area contributed by atoms with Gasteiger partial charge in [-0.3, -0.25) is 4.99 Å². The maximum Gasteiger partial charge on any atom is 0.109 e. The van der Waals surface area contributed by atoms with Crippen LogP contribution in [0.2, 0.25) is 0 Å². The maximum absolute atomic E-state index is 4.96. The summed E-state index contributed by atoms with van der Waals surface area (Å²) in [7, 11) is 0. The molecule has 188 valence electrons. The van der Waals surface area contributed by atoms with Gasteiger partial charge >= 0.3 is 0 Å². The highest BCUT2D eigenvalue weighted by Crippen LogP contribution is 2.57. The average Bonchev–Trinajstić information content (AvgIpc) is 3.52. The zero-order valence-corrected chi connectivity index (χ0v) is 21.4. The minimum Gasteiger partial charge on any atom is -0.340 e. The lowest BCUT2D eigenvalue weighted by atomic mass is 9.96. The van der Waals surface area contributed by atoms with Crippen molar-refractivity contribution in [1.29, 1.82) is 0 Å². The van der Waals surface area contributed by atoms with Crippen LogP contribution in [0, 0.1) is 17.8 Å². The zero-order valence-electron chi connectivity index (χ0n) is 21.4. The van der Waals surface area contributed by atoms with Crippen molar-refractivity contribution in [2.24, 2.45) is 22.7 Å². The smallest absolute Gasteiger partial charge is 0.109 e. The maximum atomic E-state index is 4.96. The quantitative estimate of drug-likeness (QED) is 0.321. The summed E-state index contributed by atoms with van der Waals surface area (Å²) < 4.78 is 0. The summed E-state index contributed by atoms with van der Waals surface area (Å²) in [6, 6.07) is 21.1. The van der Waals surface area contributed by atoms with E-state index in [1.165, 1.54) is 60.1 Å². The average molecular weight is 498 g/mol. The van der Waals surface area contributed by atoms with E-state index in [2.05, 4.69) is 71.1 Å². The van der Waals surface area contributed by atoms with E-state index < -0.39 is 0 Å². The number of aromatic amines is 1. The molecule has 9 rings (SSSR count). The molecule has 3 saturated carbocycles. The second-order valence-corrected chi connectivity index (χ2v) is 12.3. The molecule has 4 heterocycles. The molecule has 1 unspecified atom stereocenters. The minimum atomic E-state index is 0.492. The second kappa shape index (κ2) is 7.97. The lowest BCUT2D eigenvalue weighted by molar-refractivity contribution is 0.596. The number of benzene rings is 2. The Morgan fingerprint density at radius 2 is 1.61 bits per heavy atom. The van der Waals surface area contributed by atoms with Crippen LogP contribution in [0.1, 0.15) is 55.8 Å². The number of nitrogens with zero attached hydrogens (tertiary/aromatic N) is 3. The van der Waals surface area contributed by atoms with Crippen LogP contribution < -0.4 is 5.32 Å². The number of pyridine rings is 1. The second-order valence-electron chi connectivity index (χ2n) is 12.3. The molecule has 0 radical (unpaired) electrons. The van der Waals surface area contributed by atoms with Crippen molar-refractivity contribution in [3.05, 3.63) is 78.4 Å². The van der Waals surface area contributed by atoms with E-state index >= 15 is 0 Å². The molecule has 5 aliphatic rings. The van der Waals surface area contributed by atoms with Gasteiger partial charge in [-0.1, -0.05) is 36.4 Å². The highest BCUT2D eigenvalue weighted by Gasteiger charge is 2.47. The standard InChI is InChI=1S/C33H31N5/c1-3-19(26-15-30(34-16-26)31-14-24-13-29(24)37-31)4-2-18(1)20-5-7-27-21(9-20)6-8-28(36-27)32-17-35-33(38-32)25-11-22-10-23(22)12-25/h1-9,16-17,22-25,29,31,37H,10-15H2,(H,35,38)/t22-,23+,24-,25?,29-,31+/m1/s1. The van der Waals surface area contributed by atoms with Crippen molar-refractivity contribution < 1.29 is 0 Å². The van der Waals surface area contributed by atoms with E-state index in [0.29, 0.717) is 12.0 Å². The van der Waals surface area contributed by atoms with Crippen LogP contribution in [0.3, 0.4) is 0 Å². The molecule has 3 aliphatic carbocycles. The Morgan fingerprint density at radius 1 is 0.763 bits per heavy atom. The first-order chi connectivity index (χ1) is 18.7. The van der Waals surface area contributed by atoms with Gasteiger partial charge in [-0.05, 0) is 90.3 Å². The van der Waals surface area contributed by atoms with Crippen LogP contribution in [-0.2, 0) is 0 Å². The number of aliphatic imine (C=N–C) groups is 1. The largest absolute Gasteiger partial charge is 0.340 e. The van der Waals surface area contributed by atoms with E-state index in [4.69, 9.17) is 15.0 Å². The van der Waals surface area contributed by atoms with E-state index in [1.54, 1.807) is 0 Å². The summed E-state index contributed by atoms with van der Waals surface area (Å²) in [6.07, 6.45) is 11.7. The lowest BCUT2D eigenvalue weighted by Gasteiger charge is -2.14. The number of hydrogen-bond donors (Lipinski definition) is 2. The van der Waals surface area contributed by atoms with Crippen molar-refractivity contribution in [3.63, 3.8) is 0 Å². The van der Waals surface area contributed by atoms with Gasteiger partial charge in [0.1, 0.15) is 5.82 Å². The molecule has 0 amide bonds. The van der Waals surface area contributed by atoms with Crippen molar-refractivity contribution in [3.8, 4) is 22.5 Å². The molecular weight excluding hydrogens is 466 g/mol. The van der Waals surface area contributed by atoms with Gasteiger partial charge in [0.05, 0.1) is 23.1 Å². The molecular formula is C33H31N5. The van der Waals surface area contributed by atoms with Gasteiger partial charge in [0.2, 0.25) is 0 Å². The Kier molecular flexibility index (Phi) is 4.48. The molecule has 2 aliphatic heterocycles. The van der Waals surface area contributed by atoms with Crippen LogP contribution in [0.5, 0.6) is 0 Å². The fraction of sp³-hybridized carbons (Fsp3) is 0.364. The Balaban J connectivity index is 0.911.